The van der Waals surface area contributed by atoms with Crippen LogP contribution in [0.3, 0.4) is 0 Å². The monoisotopic (exact) mass is 198 g/mol. The number of carbonyl (C=O) groups is 1. The molecule has 2 heterocycles. The van der Waals surface area contributed by atoms with Crippen LogP contribution >= 0.6 is 12.4 Å². The van der Waals surface area contributed by atoms with Crippen molar-refractivity contribution in [2.24, 2.45) is 0 Å². The molecule has 0 saturated heterocycles. The van der Waals surface area contributed by atoms with Crippen molar-refractivity contribution in [2.75, 3.05) is 0 Å². The molecule has 2 aromatic heterocycles. The molecule has 5 heteroatoms. The van der Waals surface area contributed by atoms with Crippen LogP contribution in [0, 0.1) is 0 Å². The fourth-order valence-electron chi connectivity index (χ4n) is 1.04. The lowest BCUT2D eigenvalue weighted by atomic mass is 10.3. The van der Waals surface area contributed by atoms with Gasteiger partial charge in [0.05, 0.1) is 5.56 Å². The summed E-state index contributed by atoms with van der Waals surface area (Å²) in [7, 11) is 0. The highest BCUT2D eigenvalue weighted by atomic mass is 35.5. The van der Waals surface area contributed by atoms with Crippen LogP contribution in [0.1, 0.15) is 10.4 Å². The molecule has 0 aromatic carbocycles. The minimum atomic E-state index is -0.930. The maximum absolute atomic E-state index is 10.5. The Hall–Kier alpha value is -1.55. The third-order valence-electron chi connectivity index (χ3n) is 1.64. The van der Waals surface area contributed by atoms with Gasteiger partial charge >= 0.3 is 5.97 Å². The molecule has 0 amide bonds. The number of rotatable bonds is 1. The van der Waals surface area contributed by atoms with Crippen LogP contribution in [0.15, 0.2) is 30.7 Å². The molecule has 0 radical (unpaired) electrons. The smallest absolute Gasteiger partial charge is 0.335 e. The zero-order chi connectivity index (χ0) is 8.55. The third kappa shape index (κ3) is 1.62. The first kappa shape index (κ1) is 9.54. The Bertz CT molecular complexity index is 438. The fraction of sp³-hybridized carbons (Fsp3) is 0. The second-order valence-corrected chi connectivity index (χ2v) is 2.41. The fourth-order valence-corrected chi connectivity index (χ4v) is 1.04. The van der Waals surface area contributed by atoms with Gasteiger partial charge in [-0.25, -0.2) is 9.78 Å². The van der Waals surface area contributed by atoms with E-state index in [1.807, 2.05) is 0 Å². The van der Waals surface area contributed by atoms with Gasteiger partial charge in [-0.1, -0.05) is 0 Å². The van der Waals surface area contributed by atoms with Crippen molar-refractivity contribution in [3.8, 4) is 0 Å². The molecule has 4 nitrogen and oxygen atoms in total. The molecule has 0 unspecified atom stereocenters. The van der Waals surface area contributed by atoms with Gasteiger partial charge in [0, 0.05) is 18.6 Å². The van der Waals surface area contributed by atoms with Crippen molar-refractivity contribution in [3.05, 3.63) is 36.3 Å². The number of carboxylic acid groups (broad SMARTS) is 1. The Morgan fingerprint density at radius 1 is 1.46 bits per heavy atom. The summed E-state index contributed by atoms with van der Waals surface area (Å²) in [4.78, 5) is 14.5. The van der Waals surface area contributed by atoms with Crippen LogP contribution in [-0.2, 0) is 0 Å². The Labute approximate surface area is 80.2 Å². The van der Waals surface area contributed by atoms with Crippen LogP contribution < -0.4 is 0 Å². The van der Waals surface area contributed by atoms with E-state index in [4.69, 9.17) is 5.11 Å². The van der Waals surface area contributed by atoms with Crippen molar-refractivity contribution in [1.82, 2.24) is 9.38 Å². The largest absolute Gasteiger partial charge is 0.478 e. The topological polar surface area (TPSA) is 54.6 Å². The minimum Gasteiger partial charge on any atom is -0.478 e. The highest BCUT2D eigenvalue weighted by Crippen LogP contribution is 2.04. The molecule has 0 atom stereocenters. The summed E-state index contributed by atoms with van der Waals surface area (Å²) in [5.74, 6) is -0.930. The number of pyridine rings is 1. The number of imidazole rings is 1. The zero-order valence-electron chi connectivity index (χ0n) is 6.54. The quantitative estimate of drug-likeness (QED) is 0.755. The van der Waals surface area contributed by atoms with Crippen molar-refractivity contribution in [2.45, 2.75) is 0 Å². The van der Waals surface area contributed by atoms with Crippen molar-refractivity contribution < 1.29 is 9.90 Å². The van der Waals surface area contributed by atoms with Crippen molar-refractivity contribution in [1.29, 1.82) is 0 Å². The van der Waals surface area contributed by atoms with Gasteiger partial charge in [0.2, 0.25) is 0 Å². The lowest BCUT2D eigenvalue weighted by Gasteiger charge is -1.94. The van der Waals surface area contributed by atoms with E-state index in [0.717, 1.165) is 0 Å². The highest BCUT2D eigenvalue weighted by Gasteiger charge is 2.02. The molecule has 0 spiro atoms. The van der Waals surface area contributed by atoms with E-state index in [-0.39, 0.29) is 18.0 Å². The Morgan fingerprint density at radius 2 is 2.23 bits per heavy atom. The first-order valence-electron chi connectivity index (χ1n) is 3.43. The SMILES string of the molecule is Cl.O=C(O)c1ccn2ccnc2c1. The van der Waals surface area contributed by atoms with Gasteiger partial charge in [-0.15, -0.1) is 12.4 Å². The summed E-state index contributed by atoms with van der Waals surface area (Å²) >= 11 is 0. The molecule has 0 fully saturated rings. The van der Waals surface area contributed by atoms with Crippen LogP contribution in [0.4, 0.5) is 0 Å². The normalized spacial score (nSPS) is 9.54. The first-order valence-corrected chi connectivity index (χ1v) is 3.43. The van der Waals surface area contributed by atoms with E-state index in [0.29, 0.717) is 5.65 Å². The lowest BCUT2D eigenvalue weighted by molar-refractivity contribution is 0.0697. The molecular weight excluding hydrogens is 192 g/mol. The maximum atomic E-state index is 10.5. The first-order chi connectivity index (χ1) is 5.77. The number of aromatic nitrogens is 2. The molecule has 0 aliphatic heterocycles. The predicted octanol–water partition coefficient (Wildman–Crippen LogP) is 1.45. The molecule has 0 saturated carbocycles. The van der Waals surface area contributed by atoms with Gasteiger partial charge in [-0.3, -0.25) is 0 Å². The van der Waals surface area contributed by atoms with E-state index < -0.39 is 5.97 Å². The van der Waals surface area contributed by atoms with E-state index in [1.54, 1.807) is 23.0 Å². The van der Waals surface area contributed by atoms with Gasteiger partial charge in [-0.05, 0) is 12.1 Å². The van der Waals surface area contributed by atoms with Crippen LogP contribution in [0.25, 0.3) is 5.65 Å². The van der Waals surface area contributed by atoms with Gasteiger partial charge < -0.3 is 9.51 Å². The molecule has 2 rings (SSSR count). The van der Waals surface area contributed by atoms with Gasteiger partial charge in [-0.2, -0.15) is 0 Å². The second-order valence-electron chi connectivity index (χ2n) is 2.41. The summed E-state index contributed by atoms with van der Waals surface area (Å²) in [5, 5.41) is 8.64. The molecule has 13 heavy (non-hydrogen) atoms. The lowest BCUT2D eigenvalue weighted by Crippen LogP contribution is -1.96. The van der Waals surface area contributed by atoms with E-state index in [1.165, 1.54) is 12.1 Å². The molecular formula is C8H7ClN2O2. The number of carboxylic acids is 1. The maximum Gasteiger partial charge on any atom is 0.335 e. The van der Waals surface area contributed by atoms with Gasteiger partial charge in [0.1, 0.15) is 5.65 Å². The van der Waals surface area contributed by atoms with Crippen LogP contribution in [0.5, 0.6) is 0 Å². The summed E-state index contributed by atoms with van der Waals surface area (Å²) in [5.41, 5.74) is 0.906. The summed E-state index contributed by atoms with van der Waals surface area (Å²) in [6.07, 6.45) is 5.06. The van der Waals surface area contributed by atoms with Gasteiger partial charge in [0.25, 0.3) is 0 Å². The third-order valence-corrected chi connectivity index (χ3v) is 1.64. The second kappa shape index (κ2) is 3.45. The Balaban J connectivity index is 0.000000845. The van der Waals surface area contributed by atoms with Crippen LogP contribution in [-0.4, -0.2) is 20.5 Å². The molecule has 2 aromatic rings. The Kier molecular flexibility index (Phi) is 2.53. The number of fused-ring (bicyclic) bond motifs is 1. The number of aromatic carboxylic acids is 1. The van der Waals surface area contributed by atoms with E-state index >= 15 is 0 Å². The highest BCUT2D eigenvalue weighted by molar-refractivity contribution is 5.88. The summed E-state index contributed by atoms with van der Waals surface area (Å²) in [6.45, 7) is 0. The standard InChI is InChI=1S/C8H6N2O2.ClH/c11-8(12)6-1-3-10-4-2-9-7(10)5-6;/h1-5H,(H,11,12);1H. The van der Waals surface area contributed by atoms with Crippen molar-refractivity contribution in [3.63, 3.8) is 0 Å². The van der Waals surface area contributed by atoms with Crippen LogP contribution in [0.2, 0.25) is 0 Å². The number of hydrogen-bond donors (Lipinski definition) is 1. The minimum absolute atomic E-state index is 0. The summed E-state index contributed by atoms with van der Waals surface area (Å²) < 4.78 is 1.76. The predicted molar refractivity (Wildman–Crippen MR) is 49.4 cm³/mol. The average molecular weight is 199 g/mol. The molecule has 0 aliphatic carbocycles. The Morgan fingerprint density at radius 3 is 2.92 bits per heavy atom. The number of halogens is 1. The average Bonchev–Trinajstić information content (AvgIpc) is 2.49. The van der Waals surface area contributed by atoms with Gasteiger partial charge in [0.15, 0.2) is 0 Å². The van der Waals surface area contributed by atoms with E-state index in [2.05, 4.69) is 4.98 Å². The zero-order valence-corrected chi connectivity index (χ0v) is 7.36. The van der Waals surface area contributed by atoms with Crippen molar-refractivity contribution >= 4 is 24.0 Å². The molecule has 0 bridgehead atoms. The molecule has 1 N–H and O–H groups in total. The summed E-state index contributed by atoms with van der Waals surface area (Å²) in [6, 6.07) is 3.07. The van der Waals surface area contributed by atoms with E-state index in [9.17, 15) is 4.79 Å². The molecule has 0 aliphatic rings. The molecule has 68 valence electrons. The number of nitrogens with zero attached hydrogens (tertiary/aromatic N) is 2. The number of hydrogen-bond acceptors (Lipinski definition) is 2.